The van der Waals surface area contributed by atoms with E-state index in [1.54, 1.807) is 12.1 Å². The Balaban J connectivity index is 1.98. The number of pyridine rings is 1. The first-order valence-electron chi connectivity index (χ1n) is 7.55. The average Bonchev–Trinajstić information content (AvgIpc) is 2.59. The third-order valence-corrected chi connectivity index (χ3v) is 4.83. The topological polar surface area (TPSA) is 43.1 Å². The maximum absolute atomic E-state index is 11.4. The molecule has 0 N–H and O–H groups in total. The lowest BCUT2D eigenvalue weighted by atomic mass is 10.0. The zero-order valence-corrected chi connectivity index (χ0v) is 14.0. The van der Waals surface area contributed by atoms with Crippen LogP contribution in [-0.2, 0) is 0 Å². The van der Waals surface area contributed by atoms with Crippen LogP contribution in [0.25, 0.3) is 43.5 Å². The van der Waals surface area contributed by atoms with E-state index in [2.05, 4.69) is 46.3 Å². The maximum Gasteiger partial charge on any atom is 0.336 e. The van der Waals surface area contributed by atoms with Crippen LogP contribution in [0.3, 0.4) is 0 Å². The van der Waals surface area contributed by atoms with Crippen molar-refractivity contribution in [1.29, 1.82) is 0 Å². The van der Waals surface area contributed by atoms with Gasteiger partial charge in [-0.15, -0.1) is 0 Å². The Kier molecular flexibility index (Phi) is 2.79. The second-order valence-corrected chi connectivity index (χ2v) is 6.71. The first kappa shape index (κ1) is 13.7. The molecule has 3 aromatic carbocycles. The third kappa shape index (κ3) is 1.96. The standard InChI is InChI=1S/C20H10BrNO2/c21-13-4-3-11-1-2-12-9-16-14-5-8-19(23)24-18(14)7-6-17(16)22-20(12)15(11)10-13/h1-10H. The minimum atomic E-state index is -0.341. The predicted octanol–water partition coefficient (Wildman–Crippen LogP) is 5.41. The van der Waals surface area contributed by atoms with Crippen LogP contribution in [0.1, 0.15) is 0 Å². The summed E-state index contributed by atoms with van der Waals surface area (Å²) in [5.74, 6) is 0. The largest absolute Gasteiger partial charge is 0.423 e. The van der Waals surface area contributed by atoms with Gasteiger partial charge >= 0.3 is 5.63 Å². The number of halogens is 1. The van der Waals surface area contributed by atoms with Crippen molar-refractivity contribution < 1.29 is 4.42 Å². The first-order valence-corrected chi connectivity index (χ1v) is 8.34. The fraction of sp³-hybridized carbons (Fsp3) is 0. The van der Waals surface area contributed by atoms with Gasteiger partial charge in [0.2, 0.25) is 0 Å². The molecule has 0 saturated heterocycles. The quantitative estimate of drug-likeness (QED) is 0.206. The van der Waals surface area contributed by atoms with Crippen molar-refractivity contribution in [3.05, 3.63) is 75.6 Å². The van der Waals surface area contributed by atoms with Crippen molar-refractivity contribution >= 4 is 59.5 Å². The number of hydrogen-bond acceptors (Lipinski definition) is 3. The summed E-state index contributed by atoms with van der Waals surface area (Å²) in [7, 11) is 0. The average molecular weight is 376 g/mol. The van der Waals surface area contributed by atoms with E-state index in [1.807, 2.05) is 12.1 Å². The van der Waals surface area contributed by atoms with E-state index in [0.29, 0.717) is 5.58 Å². The summed E-state index contributed by atoms with van der Waals surface area (Å²) < 4.78 is 6.31. The van der Waals surface area contributed by atoms with Gasteiger partial charge < -0.3 is 4.42 Å². The number of nitrogens with zero attached hydrogens (tertiary/aromatic N) is 1. The molecule has 0 unspecified atom stereocenters. The van der Waals surface area contributed by atoms with Crippen LogP contribution in [0.15, 0.2) is 74.3 Å². The summed E-state index contributed by atoms with van der Waals surface area (Å²) in [5, 5.41) is 5.22. The molecule has 0 spiro atoms. The Morgan fingerprint density at radius 3 is 2.54 bits per heavy atom. The molecule has 114 valence electrons. The number of fused-ring (bicyclic) bond motifs is 6. The van der Waals surface area contributed by atoms with Gasteiger partial charge in [0.1, 0.15) is 5.58 Å². The Bertz CT molecular complexity index is 1340. The van der Waals surface area contributed by atoms with Crippen LogP contribution < -0.4 is 5.63 Å². The molecule has 4 heteroatoms. The van der Waals surface area contributed by atoms with Crippen molar-refractivity contribution in [3.8, 4) is 0 Å². The van der Waals surface area contributed by atoms with Gasteiger partial charge in [-0.25, -0.2) is 9.78 Å². The van der Waals surface area contributed by atoms with Gasteiger partial charge in [-0.05, 0) is 41.8 Å². The second kappa shape index (κ2) is 4.89. The second-order valence-electron chi connectivity index (χ2n) is 5.79. The van der Waals surface area contributed by atoms with E-state index in [4.69, 9.17) is 9.40 Å². The Hall–Kier alpha value is -2.72. The van der Waals surface area contributed by atoms with E-state index in [1.165, 1.54) is 6.07 Å². The van der Waals surface area contributed by atoms with Crippen LogP contribution in [0, 0.1) is 0 Å². The molecule has 24 heavy (non-hydrogen) atoms. The van der Waals surface area contributed by atoms with Gasteiger partial charge in [-0.1, -0.05) is 34.1 Å². The van der Waals surface area contributed by atoms with Crippen molar-refractivity contribution in [1.82, 2.24) is 4.98 Å². The van der Waals surface area contributed by atoms with E-state index in [0.717, 1.165) is 42.4 Å². The summed E-state index contributed by atoms with van der Waals surface area (Å²) >= 11 is 3.54. The molecule has 5 aromatic rings. The normalized spacial score (nSPS) is 11.7. The minimum Gasteiger partial charge on any atom is -0.423 e. The number of aromatic nitrogens is 1. The van der Waals surface area contributed by atoms with Gasteiger partial charge in [0, 0.05) is 32.1 Å². The van der Waals surface area contributed by atoms with E-state index >= 15 is 0 Å². The highest BCUT2D eigenvalue weighted by molar-refractivity contribution is 9.10. The highest BCUT2D eigenvalue weighted by Crippen LogP contribution is 2.31. The zero-order chi connectivity index (χ0) is 16.3. The van der Waals surface area contributed by atoms with E-state index in [9.17, 15) is 4.79 Å². The van der Waals surface area contributed by atoms with Gasteiger partial charge in [0.05, 0.1) is 11.0 Å². The SMILES string of the molecule is O=c1ccc2c(ccc3nc4c(ccc5ccc(Br)cc54)cc32)o1. The zero-order valence-electron chi connectivity index (χ0n) is 12.4. The van der Waals surface area contributed by atoms with Crippen LogP contribution >= 0.6 is 15.9 Å². The lowest BCUT2D eigenvalue weighted by Gasteiger charge is -2.07. The molecule has 5 rings (SSSR count). The fourth-order valence-corrected chi connectivity index (χ4v) is 3.58. The Morgan fingerprint density at radius 1 is 0.792 bits per heavy atom. The monoisotopic (exact) mass is 375 g/mol. The molecule has 0 radical (unpaired) electrons. The molecule has 0 atom stereocenters. The highest BCUT2D eigenvalue weighted by atomic mass is 79.9. The van der Waals surface area contributed by atoms with Crippen LogP contribution in [0.4, 0.5) is 0 Å². The molecule has 0 fully saturated rings. The molecular formula is C20H10BrNO2. The van der Waals surface area contributed by atoms with Crippen LogP contribution in [0.5, 0.6) is 0 Å². The summed E-state index contributed by atoms with van der Waals surface area (Å²) in [4.78, 5) is 16.3. The highest BCUT2D eigenvalue weighted by Gasteiger charge is 2.08. The Labute approximate surface area is 144 Å². The van der Waals surface area contributed by atoms with E-state index < -0.39 is 0 Å². The Morgan fingerprint density at radius 2 is 1.62 bits per heavy atom. The lowest BCUT2D eigenvalue weighted by molar-refractivity contribution is 0.561. The first-order chi connectivity index (χ1) is 11.7. The molecular weight excluding hydrogens is 366 g/mol. The summed E-state index contributed by atoms with van der Waals surface area (Å²) in [5.41, 5.74) is 2.10. The third-order valence-electron chi connectivity index (χ3n) is 4.34. The van der Waals surface area contributed by atoms with Crippen LogP contribution in [-0.4, -0.2) is 4.98 Å². The molecule has 0 aliphatic carbocycles. The molecule has 0 aliphatic rings. The molecule has 0 aliphatic heterocycles. The van der Waals surface area contributed by atoms with Gasteiger partial charge in [-0.2, -0.15) is 0 Å². The van der Waals surface area contributed by atoms with Crippen molar-refractivity contribution in [2.75, 3.05) is 0 Å². The molecule has 0 saturated carbocycles. The predicted molar refractivity (Wildman–Crippen MR) is 100 cm³/mol. The summed E-state index contributed by atoms with van der Waals surface area (Å²) in [6, 6.07) is 19.5. The van der Waals surface area contributed by atoms with Gasteiger partial charge in [-0.3, -0.25) is 0 Å². The smallest absolute Gasteiger partial charge is 0.336 e. The molecule has 3 nitrogen and oxygen atoms in total. The summed E-state index contributed by atoms with van der Waals surface area (Å²) in [6.45, 7) is 0. The van der Waals surface area contributed by atoms with Crippen LogP contribution in [0.2, 0.25) is 0 Å². The fourth-order valence-electron chi connectivity index (χ4n) is 3.22. The molecule has 2 aromatic heterocycles. The van der Waals surface area contributed by atoms with Crippen molar-refractivity contribution in [2.45, 2.75) is 0 Å². The number of hydrogen-bond donors (Lipinski definition) is 0. The minimum absolute atomic E-state index is 0.341. The van der Waals surface area contributed by atoms with Gasteiger partial charge in [0.25, 0.3) is 0 Å². The number of benzene rings is 3. The van der Waals surface area contributed by atoms with Crippen molar-refractivity contribution in [2.24, 2.45) is 0 Å². The number of rotatable bonds is 0. The molecule has 0 bridgehead atoms. The van der Waals surface area contributed by atoms with E-state index in [-0.39, 0.29) is 5.63 Å². The lowest BCUT2D eigenvalue weighted by Crippen LogP contribution is -1.95. The van der Waals surface area contributed by atoms with Crippen molar-refractivity contribution in [3.63, 3.8) is 0 Å². The molecule has 0 amide bonds. The maximum atomic E-state index is 11.4. The van der Waals surface area contributed by atoms with Gasteiger partial charge in [0.15, 0.2) is 0 Å². The summed E-state index contributed by atoms with van der Waals surface area (Å²) in [6.07, 6.45) is 0. The molecule has 2 heterocycles.